The van der Waals surface area contributed by atoms with Crippen LogP contribution in [-0.4, -0.2) is 44.3 Å². The first-order valence-corrected chi connectivity index (χ1v) is 7.94. The molecule has 2 aliphatic rings. The van der Waals surface area contributed by atoms with Crippen molar-refractivity contribution in [3.8, 4) is 11.5 Å². The summed E-state index contributed by atoms with van der Waals surface area (Å²) in [5.41, 5.74) is 2.38. The van der Waals surface area contributed by atoms with Gasteiger partial charge in [0.2, 0.25) is 0 Å². The first-order valence-electron chi connectivity index (χ1n) is 7.94. The number of ether oxygens (including phenoxy) is 2. The molecular weight excluding hydrogens is 264 g/mol. The molecule has 0 bridgehead atoms. The molecular formula is C17H26N2O2. The number of aryl methyl sites for hydroxylation is 1. The maximum Gasteiger partial charge on any atom is 0.162 e. The fraction of sp³-hybridized carbons (Fsp3) is 0.647. The van der Waals surface area contributed by atoms with Crippen LogP contribution in [0.1, 0.15) is 31.2 Å². The van der Waals surface area contributed by atoms with E-state index in [0.717, 1.165) is 17.5 Å². The van der Waals surface area contributed by atoms with Crippen molar-refractivity contribution in [3.05, 3.63) is 17.7 Å². The molecule has 0 aromatic heterocycles. The zero-order valence-electron chi connectivity index (χ0n) is 13.3. The minimum absolute atomic E-state index is 0.571. The van der Waals surface area contributed by atoms with E-state index in [4.69, 9.17) is 9.47 Å². The van der Waals surface area contributed by atoms with E-state index in [1.54, 1.807) is 14.2 Å². The number of piperidine rings is 1. The van der Waals surface area contributed by atoms with E-state index < -0.39 is 0 Å². The Morgan fingerprint density at radius 3 is 2.62 bits per heavy atom. The number of nitrogens with one attached hydrogen (secondary N) is 1. The smallest absolute Gasteiger partial charge is 0.162 e. The predicted molar refractivity (Wildman–Crippen MR) is 85.5 cm³/mol. The normalized spacial score (nSPS) is 25.5. The Labute approximate surface area is 127 Å². The summed E-state index contributed by atoms with van der Waals surface area (Å²) in [7, 11) is 3.37. The highest BCUT2D eigenvalue weighted by molar-refractivity contribution is 5.60. The van der Waals surface area contributed by atoms with Crippen LogP contribution in [0.5, 0.6) is 11.5 Å². The summed E-state index contributed by atoms with van der Waals surface area (Å²) in [6.07, 6.45) is 5.22. The predicted octanol–water partition coefficient (Wildman–Crippen LogP) is 3.05. The number of rotatable bonds is 4. The monoisotopic (exact) mass is 290 g/mol. The van der Waals surface area contributed by atoms with Crippen LogP contribution in [0, 0.1) is 6.92 Å². The van der Waals surface area contributed by atoms with E-state index in [9.17, 15) is 0 Å². The van der Waals surface area contributed by atoms with E-state index in [-0.39, 0.29) is 0 Å². The van der Waals surface area contributed by atoms with Crippen LogP contribution in [0.4, 0.5) is 5.69 Å². The van der Waals surface area contributed by atoms with Crippen molar-refractivity contribution in [3.63, 3.8) is 0 Å². The van der Waals surface area contributed by atoms with Crippen LogP contribution in [-0.2, 0) is 0 Å². The average Bonchev–Trinajstić information content (AvgIpc) is 2.96. The van der Waals surface area contributed by atoms with Gasteiger partial charge in [0.05, 0.1) is 14.2 Å². The summed E-state index contributed by atoms with van der Waals surface area (Å²) in [5.74, 6) is 1.59. The second-order valence-corrected chi connectivity index (χ2v) is 6.22. The molecule has 0 radical (unpaired) electrons. The lowest BCUT2D eigenvalue weighted by Crippen LogP contribution is -2.42. The lowest BCUT2D eigenvalue weighted by Gasteiger charge is -2.36. The third kappa shape index (κ3) is 2.95. The summed E-state index contributed by atoms with van der Waals surface area (Å²) in [6.45, 7) is 4.65. The van der Waals surface area contributed by atoms with Crippen molar-refractivity contribution in [2.24, 2.45) is 0 Å². The molecule has 2 heterocycles. The van der Waals surface area contributed by atoms with Crippen molar-refractivity contribution >= 4 is 5.69 Å². The van der Waals surface area contributed by atoms with Crippen molar-refractivity contribution < 1.29 is 9.47 Å². The molecule has 3 rings (SSSR count). The molecule has 1 aromatic carbocycles. The first-order chi connectivity index (χ1) is 10.2. The van der Waals surface area contributed by atoms with Crippen molar-refractivity contribution in [2.75, 3.05) is 32.6 Å². The van der Waals surface area contributed by atoms with Crippen LogP contribution in [0.15, 0.2) is 12.1 Å². The van der Waals surface area contributed by atoms with Crippen molar-refractivity contribution in [1.29, 1.82) is 0 Å². The van der Waals surface area contributed by atoms with E-state index in [1.807, 2.05) is 6.07 Å². The van der Waals surface area contributed by atoms with E-state index in [1.165, 1.54) is 50.0 Å². The Bertz CT molecular complexity index is 504. The van der Waals surface area contributed by atoms with Gasteiger partial charge in [-0.05, 0) is 50.8 Å². The standard InChI is InChI=1S/C17H26N2O2/c1-12-9-16(20-2)17(21-3)11-15(12)18-13-6-8-19-7-4-5-14(19)10-13/h9,11,13-14,18H,4-8,10H2,1-3H3. The highest BCUT2D eigenvalue weighted by Gasteiger charge is 2.31. The molecule has 0 aliphatic carbocycles. The zero-order chi connectivity index (χ0) is 14.8. The van der Waals surface area contributed by atoms with Gasteiger partial charge < -0.3 is 19.7 Å². The summed E-state index contributed by atoms with van der Waals surface area (Å²) in [4.78, 5) is 2.65. The van der Waals surface area contributed by atoms with Gasteiger partial charge in [-0.2, -0.15) is 0 Å². The lowest BCUT2D eigenvalue weighted by atomic mass is 9.97. The molecule has 2 atom stereocenters. The largest absolute Gasteiger partial charge is 0.493 e. The van der Waals surface area contributed by atoms with Gasteiger partial charge in [-0.25, -0.2) is 0 Å². The molecule has 2 fully saturated rings. The molecule has 4 nitrogen and oxygen atoms in total. The van der Waals surface area contributed by atoms with E-state index in [2.05, 4.69) is 23.2 Å². The number of hydrogen-bond donors (Lipinski definition) is 1. The van der Waals surface area contributed by atoms with Gasteiger partial charge in [-0.15, -0.1) is 0 Å². The maximum absolute atomic E-state index is 5.42. The first kappa shape index (κ1) is 14.5. The second kappa shape index (κ2) is 6.14. The van der Waals surface area contributed by atoms with E-state index in [0.29, 0.717) is 6.04 Å². The highest BCUT2D eigenvalue weighted by Crippen LogP contribution is 2.35. The van der Waals surface area contributed by atoms with Gasteiger partial charge in [0.1, 0.15) is 0 Å². The third-order valence-corrected chi connectivity index (χ3v) is 4.91. The quantitative estimate of drug-likeness (QED) is 0.924. The Morgan fingerprint density at radius 2 is 1.86 bits per heavy atom. The summed E-state index contributed by atoms with van der Waals surface area (Å²) in [6, 6.07) is 5.47. The molecule has 2 aliphatic heterocycles. The summed E-state index contributed by atoms with van der Waals surface area (Å²) < 4.78 is 10.8. The molecule has 0 amide bonds. The Morgan fingerprint density at radius 1 is 1.10 bits per heavy atom. The second-order valence-electron chi connectivity index (χ2n) is 6.22. The molecule has 116 valence electrons. The molecule has 2 saturated heterocycles. The third-order valence-electron chi connectivity index (χ3n) is 4.91. The number of benzene rings is 1. The molecule has 2 unspecified atom stereocenters. The number of fused-ring (bicyclic) bond motifs is 1. The van der Waals surface area contributed by atoms with Crippen LogP contribution >= 0.6 is 0 Å². The Hall–Kier alpha value is -1.42. The van der Waals surface area contributed by atoms with Crippen molar-refractivity contribution in [2.45, 2.75) is 44.7 Å². The number of hydrogen-bond acceptors (Lipinski definition) is 4. The van der Waals surface area contributed by atoms with Gasteiger partial charge in [-0.1, -0.05) is 0 Å². The molecule has 1 aromatic rings. The lowest BCUT2D eigenvalue weighted by molar-refractivity contribution is 0.188. The molecule has 1 N–H and O–H groups in total. The highest BCUT2D eigenvalue weighted by atomic mass is 16.5. The van der Waals surface area contributed by atoms with Gasteiger partial charge in [0.25, 0.3) is 0 Å². The molecule has 21 heavy (non-hydrogen) atoms. The van der Waals surface area contributed by atoms with Gasteiger partial charge in [-0.3, -0.25) is 0 Å². The summed E-state index contributed by atoms with van der Waals surface area (Å²) >= 11 is 0. The van der Waals surface area contributed by atoms with Gasteiger partial charge >= 0.3 is 0 Å². The average molecular weight is 290 g/mol. The Balaban J connectivity index is 1.72. The van der Waals surface area contributed by atoms with E-state index >= 15 is 0 Å². The van der Waals surface area contributed by atoms with Gasteiger partial charge in [0, 0.05) is 30.4 Å². The summed E-state index contributed by atoms with van der Waals surface area (Å²) in [5, 5.41) is 3.73. The zero-order valence-corrected chi connectivity index (χ0v) is 13.3. The Kier molecular flexibility index (Phi) is 4.24. The van der Waals surface area contributed by atoms with Crippen LogP contribution in [0.2, 0.25) is 0 Å². The minimum atomic E-state index is 0.571. The van der Waals surface area contributed by atoms with Crippen LogP contribution in [0.25, 0.3) is 0 Å². The topological polar surface area (TPSA) is 33.7 Å². The minimum Gasteiger partial charge on any atom is -0.493 e. The molecule has 0 saturated carbocycles. The number of anilines is 1. The molecule has 4 heteroatoms. The SMILES string of the molecule is COc1cc(C)c(NC2CCN3CCCC3C2)cc1OC. The fourth-order valence-corrected chi connectivity index (χ4v) is 3.71. The number of nitrogens with zero attached hydrogens (tertiary/aromatic N) is 1. The maximum atomic E-state index is 5.42. The molecule has 0 spiro atoms. The van der Waals surface area contributed by atoms with Crippen LogP contribution < -0.4 is 14.8 Å². The van der Waals surface area contributed by atoms with Crippen molar-refractivity contribution in [1.82, 2.24) is 4.90 Å². The number of methoxy groups -OCH3 is 2. The fourth-order valence-electron chi connectivity index (χ4n) is 3.71. The van der Waals surface area contributed by atoms with Gasteiger partial charge in [0.15, 0.2) is 11.5 Å². The van der Waals surface area contributed by atoms with Crippen LogP contribution in [0.3, 0.4) is 0 Å².